The van der Waals surface area contributed by atoms with Crippen LogP contribution in [0.3, 0.4) is 0 Å². The third kappa shape index (κ3) is 4.18. The van der Waals surface area contributed by atoms with Gasteiger partial charge in [-0.2, -0.15) is 0 Å². The van der Waals surface area contributed by atoms with Crippen molar-refractivity contribution in [1.29, 1.82) is 5.41 Å². The first-order valence-electron chi connectivity index (χ1n) is 14.6. The van der Waals surface area contributed by atoms with Gasteiger partial charge in [0.05, 0.1) is 5.92 Å². The van der Waals surface area contributed by atoms with Crippen LogP contribution in [-0.4, -0.2) is 72.0 Å². The van der Waals surface area contributed by atoms with Crippen molar-refractivity contribution in [3.05, 3.63) is 26.4 Å². The molecule has 222 valence electrons. The topological polar surface area (TPSA) is 192 Å². The molecule has 0 unspecified atom stereocenters. The van der Waals surface area contributed by atoms with Gasteiger partial charge >= 0.3 is 17.7 Å². The normalized spacial score (nSPS) is 32.9. The number of aromatic nitrogens is 2. The van der Waals surface area contributed by atoms with E-state index in [-0.39, 0.29) is 47.2 Å². The van der Waals surface area contributed by atoms with Crippen molar-refractivity contribution < 1.29 is 24.6 Å². The highest BCUT2D eigenvalue weighted by molar-refractivity contribution is 6.07. The highest BCUT2D eigenvalue weighted by Gasteiger charge is 2.67. The number of likely N-dealkylation sites (N-methyl/N-ethyl adjacent to an activating group) is 1. The Hall–Kier alpha value is -3.64. The number of nitrogens with zero attached hydrogens (tertiary/aromatic N) is 4. The van der Waals surface area contributed by atoms with Crippen LogP contribution < -0.4 is 17.0 Å². The summed E-state index contributed by atoms with van der Waals surface area (Å²) in [4.78, 5) is 67.1. The Bertz CT molecular complexity index is 1440. The molecule has 1 saturated heterocycles. The van der Waals surface area contributed by atoms with Gasteiger partial charge in [0.15, 0.2) is 0 Å². The molecule has 2 spiro atoms. The second-order valence-corrected chi connectivity index (χ2v) is 13.1. The standard InChI is InChI=1S/C28H38N6O7/c1-31-24(39)28(33(25(31)40)10-7-16-11-18(16)23(37)38)13-27(14-28)8-5-17(6-9-27)34-22(36)19(20(29)30)21(35)32(26(34)41)12-15-3-2-4-15/h15-18,35H,2-14H2,1H3,(H3,29,30)(H,37,38)/t16-,17?,18-,27?,28?/m0/s1. The fourth-order valence-electron chi connectivity index (χ4n) is 8.02. The highest BCUT2D eigenvalue weighted by atomic mass is 16.4. The maximum absolute atomic E-state index is 13.5. The number of carboxylic acids is 1. The Morgan fingerprint density at radius 3 is 2.29 bits per heavy atom. The molecule has 4 saturated carbocycles. The van der Waals surface area contributed by atoms with Gasteiger partial charge in [-0.15, -0.1) is 0 Å². The largest absolute Gasteiger partial charge is 0.494 e. The molecule has 13 nitrogen and oxygen atoms in total. The number of rotatable bonds is 8. The summed E-state index contributed by atoms with van der Waals surface area (Å²) in [6.45, 7) is 0.622. The van der Waals surface area contributed by atoms with Crippen molar-refractivity contribution >= 4 is 23.7 Å². The van der Waals surface area contributed by atoms with E-state index in [1.807, 2.05) is 0 Å². The number of urea groups is 1. The molecule has 2 atom stereocenters. The van der Waals surface area contributed by atoms with Crippen molar-refractivity contribution in [3.8, 4) is 5.88 Å². The van der Waals surface area contributed by atoms with Crippen LogP contribution in [0.2, 0.25) is 0 Å². The number of carboxylic acid groups (broad SMARTS) is 1. The first-order chi connectivity index (χ1) is 19.4. The van der Waals surface area contributed by atoms with E-state index in [0.29, 0.717) is 57.9 Å². The third-order valence-corrected chi connectivity index (χ3v) is 10.7. The molecule has 41 heavy (non-hydrogen) atoms. The molecule has 0 aromatic carbocycles. The van der Waals surface area contributed by atoms with E-state index in [4.69, 9.17) is 11.1 Å². The van der Waals surface area contributed by atoms with E-state index in [2.05, 4.69) is 0 Å². The molecular formula is C28H38N6O7. The lowest BCUT2D eigenvalue weighted by molar-refractivity contribution is -0.149. The molecule has 5 N–H and O–H groups in total. The van der Waals surface area contributed by atoms with Gasteiger partial charge < -0.3 is 20.8 Å². The number of aromatic hydroxyl groups is 1. The zero-order valence-electron chi connectivity index (χ0n) is 23.3. The SMILES string of the molecule is CN1C(=O)N(CC[C@H]2C[C@@H]2C(=O)O)C2(CC3(CCC(n4c(=O)c(C(=N)N)c(O)n(CC5CCC5)c4=O)CC3)C2)C1=O. The maximum Gasteiger partial charge on any atom is 0.334 e. The summed E-state index contributed by atoms with van der Waals surface area (Å²) in [5, 5.41) is 27.8. The molecule has 13 heteroatoms. The quantitative estimate of drug-likeness (QED) is 0.205. The number of hydrogen-bond acceptors (Lipinski definition) is 7. The number of carbonyl (C=O) groups excluding carboxylic acids is 2. The number of hydrogen-bond donors (Lipinski definition) is 4. The van der Waals surface area contributed by atoms with E-state index in [0.717, 1.165) is 23.8 Å². The minimum atomic E-state index is -0.918. The molecule has 0 radical (unpaired) electrons. The maximum atomic E-state index is 13.5. The van der Waals surface area contributed by atoms with Crippen molar-refractivity contribution in [1.82, 2.24) is 18.9 Å². The highest BCUT2D eigenvalue weighted by Crippen LogP contribution is 2.62. The van der Waals surface area contributed by atoms with E-state index in [1.165, 1.54) is 16.5 Å². The minimum absolute atomic E-state index is 0.0275. The first kappa shape index (κ1) is 27.5. The minimum Gasteiger partial charge on any atom is -0.494 e. The lowest BCUT2D eigenvalue weighted by Crippen LogP contribution is -2.64. The van der Waals surface area contributed by atoms with Gasteiger partial charge in [-0.3, -0.25) is 33.8 Å². The van der Waals surface area contributed by atoms with Crippen LogP contribution in [0.25, 0.3) is 0 Å². The summed E-state index contributed by atoms with van der Waals surface area (Å²) >= 11 is 0. The van der Waals surface area contributed by atoms with Gasteiger partial charge in [0.1, 0.15) is 16.9 Å². The molecule has 2 heterocycles. The molecule has 3 amide bonds. The summed E-state index contributed by atoms with van der Waals surface area (Å²) in [6, 6.07) is -0.767. The number of amides is 3. The number of imide groups is 1. The molecule has 1 aliphatic heterocycles. The molecule has 6 rings (SSSR count). The number of aliphatic carboxylic acids is 1. The summed E-state index contributed by atoms with van der Waals surface area (Å²) in [6.07, 6.45) is 7.42. The Balaban J connectivity index is 1.19. The Kier molecular flexibility index (Phi) is 6.34. The summed E-state index contributed by atoms with van der Waals surface area (Å²) in [7, 11) is 1.49. The molecule has 1 aromatic heterocycles. The summed E-state index contributed by atoms with van der Waals surface area (Å²) in [5.41, 5.74) is 2.87. The monoisotopic (exact) mass is 570 g/mol. The van der Waals surface area contributed by atoms with Gasteiger partial charge in [0.25, 0.3) is 11.5 Å². The Morgan fingerprint density at radius 1 is 1.10 bits per heavy atom. The van der Waals surface area contributed by atoms with Crippen LogP contribution in [0.4, 0.5) is 4.79 Å². The average Bonchev–Trinajstić information content (AvgIpc) is 3.63. The smallest absolute Gasteiger partial charge is 0.334 e. The van der Waals surface area contributed by atoms with Crippen LogP contribution in [0, 0.1) is 28.6 Å². The van der Waals surface area contributed by atoms with E-state index in [1.54, 1.807) is 4.90 Å². The van der Waals surface area contributed by atoms with E-state index in [9.17, 15) is 34.2 Å². The Labute approximate surface area is 236 Å². The van der Waals surface area contributed by atoms with Crippen LogP contribution in [0.1, 0.15) is 82.2 Å². The predicted octanol–water partition coefficient (Wildman–Crippen LogP) is 1.44. The lowest BCUT2D eigenvalue weighted by atomic mass is 9.51. The second-order valence-electron chi connectivity index (χ2n) is 13.1. The van der Waals surface area contributed by atoms with Crippen molar-refractivity contribution in [2.24, 2.45) is 28.9 Å². The second kappa shape index (κ2) is 9.45. The predicted molar refractivity (Wildman–Crippen MR) is 146 cm³/mol. The zero-order valence-corrected chi connectivity index (χ0v) is 23.3. The van der Waals surface area contributed by atoms with Gasteiger partial charge in [-0.1, -0.05) is 6.42 Å². The number of carbonyl (C=O) groups is 3. The van der Waals surface area contributed by atoms with Gasteiger partial charge in [0, 0.05) is 26.2 Å². The van der Waals surface area contributed by atoms with Crippen LogP contribution >= 0.6 is 0 Å². The molecule has 5 aliphatic rings. The number of nitrogen functional groups attached to an aromatic ring is 1. The number of nitrogens with one attached hydrogen (secondary N) is 1. The third-order valence-electron chi connectivity index (χ3n) is 10.7. The molecule has 4 aliphatic carbocycles. The number of amidine groups is 1. The fourth-order valence-corrected chi connectivity index (χ4v) is 8.02. The lowest BCUT2D eigenvalue weighted by Gasteiger charge is -2.58. The van der Waals surface area contributed by atoms with Crippen molar-refractivity contribution in [2.45, 2.75) is 88.8 Å². The molecular weight excluding hydrogens is 532 g/mol. The van der Waals surface area contributed by atoms with E-state index < -0.39 is 40.5 Å². The van der Waals surface area contributed by atoms with E-state index >= 15 is 0 Å². The van der Waals surface area contributed by atoms with Gasteiger partial charge in [-0.05, 0) is 81.5 Å². The Morgan fingerprint density at radius 2 is 1.76 bits per heavy atom. The zero-order chi connectivity index (χ0) is 29.4. The summed E-state index contributed by atoms with van der Waals surface area (Å²) in [5.74, 6) is -2.27. The van der Waals surface area contributed by atoms with Crippen molar-refractivity contribution in [3.63, 3.8) is 0 Å². The first-order valence-corrected chi connectivity index (χ1v) is 14.6. The average molecular weight is 571 g/mol. The summed E-state index contributed by atoms with van der Waals surface area (Å²) < 4.78 is 2.35. The van der Waals surface area contributed by atoms with Gasteiger partial charge in [0.2, 0.25) is 5.88 Å². The van der Waals surface area contributed by atoms with Gasteiger partial charge in [-0.25, -0.2) is 9.59 Å². The molecule has 0 bridgehead atoms. The molecule has 5 fully saturated rings. The van der Waals surface area contributed by atoms with Crippen LogP contribution in [0.5, 0.6) is 5.88 Å². The van der Waals surface area contributed by atoms with Crippen LogP contribution in [0.15, 0.2) is 9.59 Å². The number of nitrogens with two attached hydrogens (primary N) is 1. The molecule has 1 aromatic rings. The van der Waals surface area contributed by atoms with Crippen molar-refractivity contribution in [2.75, 3.05) is 13.6 Å². The van der Waals surface area contributed by atoms with Crippen LogP contribution in [-0.2, 0) is 16.1 Å². The fraction of sp³-hybridized carbons (Fsp3) is 0.714.